The number of aliphatic hydroxyl groups excluding tert-OH is 1. The number of nitrogens with one attached hydrogen (secondary N) is 1. The van der Waals surface area contributed by atoms with E-state index in [1.165, 1.54) is 5.56 Å². The topological polar surface area (TPSA) is 52.2 Å². The second-order valence-corrected chi connectivity index (χ2v) is 5.08. The number of aliphatic hydroxyl groups is 1. The van der Waals surface area contributed by atoms with Crippen LogP contribution in [-0.2, 0) is 6.54 Å². The average Bonchev–Trinajstić information content (AvgIpc) is 2.76. The standard InChI is InChI=1S/C13H19N3O/c1-13(2,8-17)16(3)7-10-4-5-11-12(6-10)15-9-14-11/h4-6,9,17H,7-8H2,1-3H3,(H,14,15). The van der Waals surface area contributed by atoms with Gasteiger partial charge in [-0.1, -0.05) is 6.07 Å². The van der Waals surface area contributed by atoms with Crippen LogP contribution in [0.25, 0.3) is 11.0 Å². The van der Waals surface area contributed by atoms with E-state index in [9.17, 15) is 5.11 Å². The molecule has 0 aliphatic rings. The monoisotopic (exact) mass is 233 g/mol. The summed E-state index contributed by atoms with van der Waals surface area (Å²) in [7, 11) is 2.02. The molecule has 0 saturated carbocycles. The molecule has 0 aliphatic heterocycles. The Labute approximate surface area is 101 Å². The lowest BCUT2D eigenvalue weighted by Crippen LogP contribution is -2.43. The van der Waals surface area contributed by atoms with E-state index in [4.69, 9.17) is 0 Å². The number of imidazole rings is 1. The fraction of sp³-hybridized carbons (Fsp3) is 0.462. The summed E-state index contributed by atoms with van der Waals surface area (Å²) in [6, 6.07) is 6.19. The van der Waals surface area contributed by atoms with E-state index >= 15 is 0 Å². The van der Waals surface area contributed by atoms with Crippen LogP contribution in [0, 0.1) is 0 Å². The van der Waals surface area contributed by atoms with Crippen LogP contribution < -0.4 is 0 Å². The van der Waals surface area contributed by atoms with Crippen LogP contribution in [0.15, 0.2) is 24.5 Å². The third-order valence-corrected chi connectivity index (χ3v) is 3.32. The molecule has 1 aromatic carbocycles. The van der Waals surface area contributed by atoms with Gasteiger partial charge in [0.15, 0.2) is 0 Å². The predicted octanol–water partition coefficient (Wildman–Crippen LogP) is 1.77. The highest BCUT2D eigenvalue weighted by Gasteiger charge is 2.22. The second-order valence-electron chi connectivity index (χ2n) is 5.08. The van der Waals surface area contributed by atoms with Gasteiger partial charge in [-0.05, 0) is 38.6 Å². The summed E-state index contributed by atoms with van der Waals surface area (Å²) in [5, 5.41) is 9.32. The summed E-state index contributed by atoms with van der Waals surface area (Å²) in [4.78, 5) is 9.45. The molecular weight excluding hydrogens is 214 g/mol. The van der Waals surface area contributed by atoms with Crippen molar-refractivity contribution in [2.24, 2.45) is 0 Å². The second kappa shape index (κ2) is 4.47. The van der Waals surface area contributed by atoms with Crippen LogP contribution in [0.1, 0.15) is 19.4 Å². The lowest BCUT2D eigenvalue weighted by molar-refractivity contribution is 0.0734. The average molecular weight is 233 g/mol. The maximum absolute atomic E-state index is 9.32. The van der Waals surface area contributed by atoms with E-state index in [0.717, 1.165) is 17.6 Å². The van der Waals surface area contributed by atoms with Gasteiger partial charge in [0.25, 0.3) is 0 Å². The third kappa shape index (κ3) is 2.48. The van der Waals surface area contributed by atoms with Crippen LogP contribution in [0.2, 0.25) is 0 Å². The van der Waals surface area contributed by atoms with Crippen molar-refractivity contribution in [3.63, 3.8) is 0 Å². The van der Waals surface area contributed by atoms with E-state index in [1.807, 2.05) is 27.0 Å². The van der Waals surface area contributed by atoms with E-state index in [-0.39, 0.29) is 12.1 Å². The molecule has 2 aromatic rings. The van der Waals surface area contributed by atoms with Crippen molar-refractivity contribution in [1.29, 1.82) is 0 Å². The van der Waals surface area contributed by atoms with Gasteiger partial charge in [0, 0.05) is 12.1 Å². The number of fused-ring (bicyclic) bond motifs is 1. The first-order valence-electron chi connectivity index (χ1n) is 5.77. The quantitative estimate of drug-likeness (QED) is 0.846. The fourth-order valence-corrected chi connectivity index (χ4v) is 1.69. The largest absolute Gasteiger partial charge is 0.394 e. The van der Waals surface area contributed by atoms with Crippen molar-refractivity contribution in [2.45, 2.75) is 25.9 Å². The zero-order valence-electron chi connectivity index (χ0n) is 10.6. The minimum absolute atomic E-state index is 0.149. The van der Waals surface area contributed by atoms with Gasteiger partial charge in [0.1, 0.15) is 0 Å². The van der Waals surface area contributed by atoms with Crippen molar-refractivity contribution >= 4 is 11.0 Å². The first kappa shape index (κ1) is 12.1. The number of hydrogen-bond donors (Lipinski definition) is 2. The molecule has 1 heterocycles. The highest BCUT2D eigenvalue weighted by atomic mass is 16.3. The summed E-state index contributed by atoms with van der Waals surface area (Å²) >= 11 is 0. The molecule has 92 valence electrons. The molecule has 0 amide bonds. The van der Waals surface area contributed by atoms with Crippen LogP contribution in [0.5, 0.6) is 0 Å². The number of benzene rings is 1. The number of nitrogens with zero attached hydrogens (tertiary/aromatic N) is 2. The molecule has 4 heteroatoms. The van der Waals surface area contributed by atoms with E-state index < -0.39 is 0 Å². The highest BCUT2D eigenvalue weighted by Crippen LogP contribution is 2.17. The maximum Gasteiger partial charge on any atom is 0.0931 e. The smallest absolute Gasteiger partial charge is 0.0931 e. The van der Waals surface area contributed by atoms with Crippen LogP contribution in [0.4, 0.5) is 0 Å². The van der Waals surface area contributed by atoms with Crippen LogP contribution >= 0.6 is 0 Å². The minimum atomic E-state index is -0.205. The van der Waals surface area contributed by atoms with Crippen molar-refractivity contribution in [2.75, 3.05) is 13.7 Å². The third-order valence-electron chi connectivity index (χ3n) is 3.32. The number of hydrogen-bond acceptors (Lipinski definition) is 3. The van der Waals surface area contributed by atoms with Crippen LogP contribution in [0.3, 0.4) is 0 Å². The number of likely N-dealkylation sites (N-methyl/N-ethyl adjacent to an activating group) is 1. The molecule has 2 rings (SSSR count). The molecule has 1 aromatic heterocycles. The van der Waals surface area contributed by atoms with E-state index in [2.05, 4.69) is 27.0 Å². The molecular formula is C13H19N3O. The molecule has 0 aliphatic carbocycles. The maximum atomic E-state index is 9.32. The van der Waals surface area contributed by atoms with Crippen LogP contribution in [-0.4, -0.2) is 39.2 Å². The number of rotatable bonds is 4. The van der Waals surface area contributed by atoms with Gasteiger partial charge >= 0.3 is 0 Å². The molecule has 0 radical (unpaired) electrons. The first-order valence-corrected chi connectivity index (χ1v) is 5.77. The lowest BCUT2D eigenvalue weighted by Gasteiger charge is -2.33. The molecule has 0 spiro atoms. The molecule has 0 atom stereocenters. The molecule has 0 saturated heterocycles. The Balaban J connectivity index is 2.18. The Morgan fingerprint density at radius 3 is 2.88 bits per heavy atom. The lowest BCUT2D eigenvalue weighted by atomic mass is 10.0. The highest BCUT2D eigenvalue weighted by molar-refractivity contribution is 5.74. The number of aromatic amines is 1. The summed E-state index contributed by atoms with van der Waals surface area (Å²) in [5.74, 6) is 0. The summed E-state index contributed by atoms with van der Waals surface area (Å²) in [5.41, 5.74) is 3.05. The predicted molar refractivity (Wildman–Crippen MR) is 68.7 cm³/mol. The Hall–Kier alpha value is -1.39. The van der Waals surface area contributed by atoms with Gasteiger partial charge in [-0.25, -0.2) is 4.98 Å². The van der Waals surface area contributed by atoms with Gasteiger partial charge in [-0.15, -0.1) is 0 Å². The summed E-state index contributed by atoms with van der Waals surface area (Å²) < 4.78 is 0. The Morgan fingerprint density at radius 2 is 2.18 bits per heavy atom. The summed E-state index contributed by atoms with van der Waals surface area (Å²) in [6.07, 6.45) is 1.70. The van der Waals surface area contributed by atoms with E-state index in [0.29, 0.717) is 0 Å². The summed E-state index contributed by atoms with van der Waals surface area (Å²) in [6.45, 7) is 5.02. The zero-order valence-corrected chi connectivity index (χ0v) is 10.6. The normalized spacial score (nSPS) is 12.5. The van der Waals surface area contributed by atoms with Crippen molar-refractivity contribution in [1.82, 2.24) is 14.9 Å². The van der Waals surface area contributed by atoms with Crippen molar-refractivity contribution in [3.8, 4) is 0 Å². The molecule has 0 bridgehead atoms. The number of H-pyrrole nitrogens is 1. The molecule has 2 N–H and O–H groups in total. The van der Waals surface area contributed by atoms with E-state index in [1.54, 1.807) is 6.33 Å². The zero-order chi connectivity index (χ0) is 12.5. The van der Waals surface area contributed by atoms with Crippen molar-refractivity contribution in [3.05, 3.63) is 30.1 Å². The van der Waals surface area contributed by atoms with Gasteiger partial charge in [-0.3, -0.25) is 4.90 Å². The van der Waals surface area contributed by atoms with Gasteiger partial charge in [0.05, 0.1) is 24.0 Å². The van der Waals surface area contributed by atoms with Gasteiger partial charge in [0.2, 0.25) is 0 Å². The van der Waals surface area contributed by atoms with Gasteiger partial charge < -0.3 is 10.1 Å². The SMILES string of the molecule is CN(Cc1ccc2nc[nH]c2c1)C(C)(C)CO. The van der Waals surface area contributed by atoms with Gasteiger partial charge in [-0.2, -0.15) is 0 Å². The molecule has 4 nitrogen and oxygen atoms in total. The first-order chi connectivity index (χ1) is 8.03. The Morgan fingerprint density at radius 1 is 1.41 bits per heavy atom. The minimum Gasteiger partial charge on any atom is -0.394 e. The Bertz CT molecular complexity index is 504. The Kier molecular flexibility index (Phi) is 3.17. The molecule has 17 heavy (non-hydrogen) atoms. The molecule has 0 fully saturated rings. The number of aromatic nitrogens is 2. The van der Waals surface area contributed by atoms with Crippen molar-refractivity contribution < 1.29 is 5.11 Å². The fourth-order valence-electron chi connectivity index (χ4n) is 1.69. The molecule has 0 unspecified atom stereocenters.